The van der Waals surface area contributed by atoms with E-state index in [1.165, 1.54) is 11.3 Å². The van der Waals surface area contributed by atoms with E-state index >= 15 is 0 Å². The Balaban J connectivity index is 1.25. The Labute approximate surface area is 423 Å². The molecule has 0 spiro atoms. The first-order chi connectivity index (χ1) is 35.1. The van der Waals surface area contributed by atoms with Gasteiger partial charge in [-0.2, -0.15) is 4.98 Å². The van der Waals surface area contributed by atoms with Crippen LogP contribution in [0.5, 0.6) is 0 Å². The lowest BCUT2D eigenvalue weighted by atomic mass is 9.98. The minimum atomic E-state index is -1.59. The van der Waals surface area contributed by atoms with Crippen LogP contribution in [-0.2, 0) is 23.7 Å². The van der Waals surface area contributed by atoms with Crippen LogP contribution in [0.1, 0.15) is 52.6 Å². The second-order valence-corrected chi connectivity index (χ2v) is 18.5. The van der Waals surface area contributed by atoms with Gasteiger partial charge < -0.3 is 23.7 Å². The van der Waals surface area contributed by atoms with Crippen molar-refractivity contribution in [2.45, 2.75) is 48.9 Å². The summed E-state index contributed by atoms with van der Waals surface area (Å²) in [5, 5.41) is 0.276. The van der Waals surface area contributed by atoms with Crippen LogP contribution < -0.4 is 9.60 Å². The average Bonchev–Trinajstić information content (AvgIpc) is 3.41. The topological polar surface area (TPSA) is 157 Å². The van der Waals surface area contributed by atoms with Gasteiger partial charge in [-0.05, 0) is 104 Å². The number of carbonyl (C=O) groups excluding carboxylic acids is 4. The Hall–Kier alpha value is -8.24. The first-order valence-corrected chi connectivity index (χ1v) is 24.6. The Morgan fingerprint density at radius 1 is 0.542 bits per heavy atom. The Bertz CT molecular complexity index is 3300. The molecule has 0 aliphatic carbocycles. The molecular formula is C57H46N4O9S2. The summed E-state index contributed by atoms with van der Waals surface area (Å²) in [6, 6.07) is 58.0. The largest absolute Gasteiger partial charge is 0.459 e. The number of aryl methyl sites for hydroxylation is 2. The maximum atomic E-state index is 14.4. The minimum Gasteiger partial charge on any atom is -0.459 e. The summed E-state index contributed by atoms with van der Waals surface area (Å²) in [7, 11) is 0. The highest BCUT2D eigenvalue weighted by atomic mass is 32.2. The predicted octanol–water partition coefficient (Wildman–Crippen LogP) is 10.4. The van der Waals surface area contributed by atoms with Crippen LogP contribution in [0.2, 0.25) is 0 Å². The second-order valence-electron chi connectivity index (χ2n) is 16.5. The summed E-state index contributed by atoms with van der Waals surface area (Å²) < 4.78 is 33.9. The molecule has 0 N–H and O–H groups in total. The highest BCUT2D eigenvalue weighted by Crippen LogP contribution is 2.38. The number of ether oxygens (including phenoxy) is 5. The fourth-order valence-electron chi connectivity index (χ4n) is 7.62. The molecule has 0 amide bonds. The molecule has 0 saturated carbocycles. The van der Waals surface area contributed by atoms with Crippen molar-refractivity contribution in [3.05, 3.63) is 243 Å². The van der Waals surface area contributed by atoms with Crippen LogP contribution in [0.4, 0.5) is 11.4 Å². The number of hydrogen-bond acceptors (Lipinski definition) is 14. The summed E-state index contributed by atoms with van der Waals surface area (Å²) >= 11 is 2.28. The fraction of sp³-hybridized carbons (Fsp3) is 0.140. The van der Waals surface area contributed by atoms with Gasteiger partial charge in [-0.3, -0.25) is 4.57 Å². The van der Waals surface area contributed by atoms with Crippen LogP contribution in [0.3, 0.4) is 0 Å². The number of esters is 4. The van der Waals surface area contributed by atoms with E-state index in [-0.39, 0.29) is 27.4 Å². The fourth-order valence-corrected chi connectivity index (χ4v) is 9.80. The third-order valence-electron chi connectivity index (χ3n) is 11.2. The summed E-state index contributed by atoms with van der Waals surface area (Å²) in [4.78, 5) is 72.7. The molecule has 9 rings (SSSR count). The third kappa shape index (κ3) is 12.2. The van der Waals surface area contributed by atoms with Crippen LogP contribution in [-0.4, -0.2) is 69.9 Å². The van der Waals surface area contributed by atoms with Gasteiger partial charge in [0, 0.05) is 0 Å². The van der Waals surface area contributed by atoms with Crippen LogP contribution in [0.25, 0.3) is 5.69 Å². The highest BCUT2D eigenvalue weighted by Gasteiger charge is 2.54. The Morgan fingerprint density at radius 2 is 1.03 bits per heavy atom. The zero-order valence-corrected chi connectivity index (χ0v) is 40.6. The highest BCUT2D eigenvalue weighted by molar-refractivity contribution is 7.99. The first-order valence-electron chi connectivity index (χ1n) is 22.9. The number of thioether (sulfide) groups is 1. The molecule has 7 aromatic carbocycles. The molecule has 2 heterocycles. The van der Waals surface area contributed by atoms with Crippen LogP contribution in [0.15, 0.2) is 215 Å². The maximum absolute atomic E-state index is 14.4. The number of hydrogen-bond donors (Lipinski definition) is 0. The molecule has 1 aliphatic heterocycles. The summed E-state index contributed by atoms with van der Waals surface area (Å²) in [6.45, 7) is 3.46. The molecule has 15 heteroatoms. The Morgan fingerprint density at radius 3 is 1.57 bits per heavy atom. The summed E-state index contributed by atoms with van der Waals surface area (Å²) in [5.41, 5.74) is 3.42. The van der Waals surface area contributed by atoms with E-state index in [4.69, 9.17) is 38.7 Å². The van der Waals surface area contributed by atoms with Crippen LogP contribution >= 0.6 is 23.1 Å². The van der Waals surface area contributed by atoms with E-state index in [9.17, 15) is 19.2 Å². The van der Waals surface area contributed by atoms with Crippen molar-refractivity contribution in [3.8, 4) is 5.69 Å². The lowest BCUT2D eigenvalue weighted by Crippen LogP contribution is -2.62. The van der Waals surface area contributed by atoms with Gasteiger partial charge in [-0.1, -0.05) is 144 Å². The van der Waals surface area contributed by atoms with Gasteiger partial charge in [0.1, 0.15) is 12.7 Å². The van der Waals surface area contributed by atoms with Gasteiger partial charge in [0.05, 0.1) is 39.3 Å². The lowest BCUT2D eigenvalue weighted by molar-refractivity contribution is -0.207. The van der Waals surface area contributed by atoms with E-state index < -0.39 is 60.3 Å². The molecule has 13 nitrogen and oxygen atoms in total. The van der Waals surface area contributed by atoms with E-state index in [2.05, 4.69) is 0 Å². The average molecular weight is 995 g/mol. The van der Waals surface area contributed by atoms with Crippen molar-refractivity contribution in [2.75, 3.05) is 6.61 Å². The maximum Gasteiger partial charge on any atom is 0.338 e. The molecule has 8 aromatic rings. The van der Waals surface area contributed by atoms with Crippen molar-refractivity contribution in [1.82, 2.24) is 9.55 Å². The molecule has 1 aromatic heterocycles. The molecule has 72 heavy (non-hydrogen) atoms. The second kappa shape index (κ2) is 23.1. The van der Waals surface area contributed by atoms with E-state index in [1.54, 1.807) is 121 Å². The third-order valence-corrected chi connectivity index (χ3v) is 13.1. The van der Waals surface area contributed by atoms with Crippen LogP contribution in [0, 0.1) is 13.8 Å². The number of benzene rings is 7. The predicted molar refractivity (Wildman–Crippen MR) is 272 cm³/mol. The Kier molecular flexibility index (Phi) is 15.7. The van der Waals surface area contributed by atoms with Gasteiger partial charge in [-0.15, -0.1) is 0 Å². The lowest BCUT2D eigenvalue weighted by Gasteiger charge is -2.44. The van der Waals surface area contributed by atoms with Crippen molar-refractivity contribution in [1.29, 1.82) is 0 Å². The molecule has 360 valence electrons. The summed E-state index contributed by atoms with van der Waals surface area (Å²) in [5.74, 6) is -3.10. The van der Waals surface area contributed by atoms with Crippen molar-refractivity contribution >= 4 is 58.4 Å². The van der Waals surface area contributed by atoms with Crippen molar-refractivity contribution in [2.24, 2.45) is 9.98 Å². The number of rotatable bonds is 14. The van der Waals surface area contributed by atoms with E-state index in [0.29, 0.717) is 26.7 Å². The van der Waals surface area contributed by atoms with E-state index in [1.807, 2.05) is 97.3 Å². The zero-order chi connectivity index (χ0) is 49.8. The number of carbonyl (C=O) groups is 4. The number of aromatic nitrogens is 2. The molecule has 1 fully saturated rings. The van der Waals surface area contributed by atoms with Crippen molar-refractivity contribution < 1.29 is 42.9 Å². The van der Waals surface area contributed by atoms with Gasteiger partial charge in [0.25, 0.3) is 0 Å². The quantitative estimate of drug-likeness (QED) is 0.0754. The number of nitrogens with zero attached hydrogens (tertiary/aromatic N) is 4. The van der Waals surface area contributed by atoms with Gasteiger partial charge in [0.15, 0.2) is 33.7 Å². The SMILES string of the molecule is Cc1ccc(N=c2nc(SC3O[C@H](COC(=O)c4ccccc4)[C@@H](OC(=O)c4ccccc4)[C@H](OC(=O)c4ccccc4)[C@H]3OC(=O)c3ccccc3)n(-c3cccc(C)c3)c(=Nc3ccccc3)s2)cc1. The standard InChI is InChI=1S/C57H46N4O9S2/c1-37-31-33-44(34-32-37)58-55-60-57(61(45-30-18-19-38(2)35-45)56(72-55)59-43-28-16-7-17-29-43)71-54-49(70-53(65)42-26-14-6-15-27-42)48(69-52(64)41-24-12-5-13-25-41)47(68-51(63)40-22-10-4-11-23-40)46(67-54)36-66-50(62)39-20-8-3-9-21-39/h3-35,46-49,54H,36H2,1-2H3/t46-,47-,48+,49-,54?/m1/s1. The van der Waals surface area contributed by atoms with Gasteiger partial charge in [0.2, 0.25) is 4.80 Å². The monoisotopic (exact) mass is 994 g/mol. The van der Waals surface area contributed by atoms with Gasteiger partial charge >= 0.3 is 23.9 Å². The van der Waals surface area contributed by atoms with E-state index in [0.717, 1.165) is 22.9 Å². The summed E-state index contributed by atoms with van der Waals surface area (Å²) in [6.07, 6.45) is -6.00. The molecule has 0 radical (unpaired) electrons. The molecular weight excluding hydrogens is 949 g/mol. The number of para-hydroxylation sites is 1. The molecule has 0 bridgehead atoms. The molecule has 1 unspecified atom stereocenters. The van der Waals surface area contributed by atoms with Gasteiger partial charge in [-0.25, -0.2) is 29.2 Å². The smallest absolute Gasteiger partial charge is 0.338 e. The minimum absolute atomic E-state index is 0.166. The normalized spacial score (nSPS) is 17.9. The first kappa shape index (κ1) is 48.8. The molecule has 1 saturated heterocycles. The molecule has 1 aliphatic rings. The van der Waals surface area contributed by atoms with Crippen molar-refractivity contribution in [3.63, 3.8) is 0 Å². The zero-order valence-electron chi connectivity index (χ0n) is 38.9. The molecule has 5 atom stereocenters.